The number of nitrogens with zero attached hydrogens (tertiary/aromatic N) is 1. The number of hydrogen-bond donors (Lipinski definition) is 1. The largest absolute Gasteiger partial charge is 0.362 e. The summed E-state index contributed by atoms with van der Waals surface area (Å²) in [5.74, 6) is -0.392. The van der Waals surface area contributed by atoms with Gasteiger partial charge in [0.1, 0.15) is 0 Å². The molecule has 1 N–H and O–H groups in total. The third kappa shape index (κ3) is 2.52. The van der Waals surface area contributed by atoms with Gasteiger partial charge >= 0.3 is 0 Å². The molecule has 18 heavy (non-hydrogen) atoms. The molecule has 0 aliphatic rings. The fourth-order valence-electron chi connectivity index (χ4n) is 1.54. The number of H-pyrrole nitrogens is 1. The van der Waals surface area contributed by atoms with Gasteiger partial charge in [-0.05, 0) is 30.4 Å². The van der Waals surface area contributed by atoms with E-state index in [1.54, 1.807) is 30.5 Å². The van der Waals surface area contributed by atoms with Gasteiger partial charge in [0.15, 0.2) is 5.78 Å². The number of carbonyl (C=O) groups is 1. The van der Waals surface area contributed by atoms with Crippen molar-refractivity contribution in [1.82, 2.24) is 4.98 Å². The first-order valence-electron chi connectivity index (χ1n) is 5.27. The minimum Gasteiger partial charge on any atom is -0.362 e. The van der Waals surface area contributed by atoms with Crippen molar-refractivity contribution in [2.45, 2.75) is 0 Å². The number of para-hydroxylation sites is 1. The summed E-state index contributed by atoms with van der Waals surface area (Å²) < 4.78 is 0. The van der Waals surface area contributed by atoms with E-state index in [0.29, 0.717) is 0 Å². The summed E-state index contributed by atoms with van der Waals surface area (Å²) in [5, 5.41) is 10.8. The van der Waals surface area contributed by atoms with Gasteiger partial charge in [0.05, 0.1) is 10.5 Å². The predicted molar refractivity (Wildman–Crippen MR) is 67.3 cm³/mol. The molecule has 0 aliphatic carbocycles. The van der Waals surface area contributed by atoms with Crippen molar-refractivity contribution in [3.05, 3.63) is 70.0 Å². The number of ketones is 1. The monoisotopic (exact) mass is 242 g/mol. The molecule has 0 unspecified atom stereocenters. The van der Waals surface area contributed by atoms with E-state index in [4.69, 9.17) is 0 Å². The molecule has 5 heteroatoms. The molecule has 2 rings (SSSR count). The Morgan fingerprint density at radius 1 is 1.22 bits per heavy atom. The summed E-state index contributed by atoms with van der Waals surface area (Å²) in [7, 11) is 0. The second-order valence-corrected chi connectivity index (χ2v) is 3.60. The average Bonchev–Trinajstić information content (AvgIpc) is 2.89. The lowest BCUT2D eigenvalue weighted by atomic mass is 10.1. The van der Waals surface area contributed by atoms with Crippen LogP contribution in [0.15, 0.2) is 48.7 Å². The number of aromatic nitrogens is 1. The SMILES string of the molecule is O=C(/C=C/c1ccc[nH]1)c1ccccc1[N+](=O)[O-]. The number of nitro benzene ring substituents is 1. The molecule has 0 fully saturated rings. The summed E-state index contributed by atoms with van der Waals surface area (Å²) in [5.41, 5.74) is 0.672. The van der Waals surface area contributed by atoms with Crippen molar-refractivity contribution in [3.8, 4) is 0 Å². The Morgan fingerprint density at radius 3 is 2.67 bits per heavy atom. The van der Waals surface area contributed by atoms with Crippen LogP contribution in [-0.2, 0) is 0 Å². The highest BCUT2D eigenvalue weighted by Crippen LogP contribution is 2.18. The maximum absolute atomic E-state index is 11.9. The molecule has 2 aromatic rings. The zero-order valence-electron chi connectivity index (χ0n) is 9.37. The smallest absolute Gasteiger partial charge is 0.280 e. The Morgan fingerprint density at radius 2 is 2.00 bits per heavy atom. The fraction of sp³-hybridized carbons (Fsp3) is 0. The molecule has 0 bridgehead atoms. The van der Waals surface area contributed by atoms with Crippen LogP contribution in [-0.4, -0.2) is 15.7 Å². The van der Waals surface area contributed by atoms with Gasteiger partial charge in [-0.3, -0.25) is 14.9 Å². The fourth-order valence-corrected chi connectivity index (χ4v) is 1.54. The maximum Gasteiger partial charge on any atom is 0.280 e. The van der Waals surface area contributed by atoms with Crippen molar-refractivity contribution >= 4 is 17.5 Å². The molecule has 1 aromatic carbocycles. The van der Waals surface area contributed by atoms with E-state index in [-0.39, 0.29) is 11.3 Å². The van der Waals surface area contributed by atoms with Crippen molar-refractivity contribution in [1.29, 1.82) is 0 Å². The summed E-state index contributed by atoms with van der Waals surface area (Å²) in [6.45, 7) is 0. The van der Waals surface area contributed by atoms with Crippen LogP contribution >= 0.6 is 0 Å². The molecule has 0 saturated heterocycles. The Balaban J connectivity index is 2.27. The zero-order chi connectivity index (χ0) is 13.0. The van der Waals surface area contributed by atoms with E-state index in [1.807, 2.05) is 0 Å². The van der Waals surface area contributed by atoms with Crippen LogP contribution in [0.1, 0.15) is 16.1 Å². The lowest BCUT2D eigenvalue weighted by Gasteiger charge is -1.97. The molecule has 1 aromatic heterocycles. The standard InChI is InChI=1S/C13H10N2O3/c16-13(8-7-10-4-3-9-14-10)11-5-1-2-6-12(11)15(17)18/h1-9,14H/b8-7+. The van der Waals surface area contributed by atoms with Crippen LogP contribution < -0.4 is 0 Å². The Labute approximate surface area is 103 Å². The van der Waals surface area contributed by atoms with Crippen LogP contribution in [0.25, 0.3) is 6.08 Å². The van der Waals surface area contributed by atoms with Crippen LogP contribution in [0.5, 0.6) is 0 Å². The molecule has 5 nitrogen and oxygen atoms in total. The van der Waals surface area contributed by atoms with Crippen LogP contribution in [0.4, 0.5) is 5.69 Å². The van der Waals surface area contributed by atoms with Crippen molar-refractivity contribution < 1.29 is 9.72 Å². The van der Waals surface area contributed by atoms with Gasteiger partial charge < -0.3 is 4.98 Å². The van der Waals surface area contributed by atoms with Gasteiger partial charge in [0.25, 0.3) is 5.69 Å². The van der Waals surface area contributed by atoms with Crippen LogP contribution in [0.2, 0.25) is 0 Å². The van der Waals surface area contributed by atoms with Crippen molar-refractivity contribution in [2.75, 3.05) is 0 Å². The quantitative estimate of drug-likeness (QED) is 0.387. The normalized spacial score (nSPS) is 10.7. The third-order valence-corrected chi connectivity index (χ3v) is 2.40. The minimum absolute atomic E-state index is 0.0882. The summed E-state index contributed by atoms with van der Waals surface area (Å²) in [4.78, 5) is 25.0. The van der Waals surface area contributed by atoms with E-state index in [2.05, 4.69) is 4.98 Å². The number of allylic oxidation sites excluding steroid dienone is 1. The lowest BCUT2D eigenvalue weighted by Crippen LogP contribution is -2.00. The molecule has 1 heterocycles. The Hall–Kier alpha value is -2.69. The van der Waals surface area contributed by atoms with Crippen molar-refractivity contribution in [3.63, 3.8) is 0 Å². The molecular formula is C13H10N2O3. The highest BCUT2D eigenvalue weighted by Gasteiger charge is 2.16. The van der Waals surface area contributed by atoms with Gasteiger partial charge in [0.2, 0.25) is 0 Å². The van der Waals surface area contributed by atoms with Gasteiger partial charge in [-0.15, -0.1) is 0 Å². The first kappa shape index (κ1) is 11.8. The van der Waals surface area contributed by atoms with E-state index in [1.165, 1.54) is 24.3 Å². The number of hydrogen-bond acceptors (Lipinski definition) is 3. The molecular weight excluding hydrogens is 232 g/mol. The van der Waals surface area contributed by atoms with E-state index in [9.17, 15) is 14.9 Å². The van der Waals surface area contributed by atoms with Crippen molar-refractivity contribution in [2.24, 2.45) is 0 Å². The molecule has 0 saturated carbocycles. The number of rotatable bonds is 4. The molecule has 0 amide bonds. The number of nitrogens with one attached hydrogen (secondary N) is 1. The second-order valence-electron chi connectivity index (χ2n) is 3.60. The second kappa shape index (κ2) is 5.09. The number of aromatic amines is 1. The van der Waals surface area contributed by atoms with Gasteiger partial charge in [-0.1, -0.05) is 12.1 Å². The summed E-state index contributed by atoms with van der Waals surface area (Å²) in [6.07, 6.45) is 4.63. The van der Waals surface area contributed by atoms with Gasteiger partial charge in [-0.2, -0.15) is 0 Å². The first-order chi connectivity index (χ1) is 8.68. The highest BCUT2D eigenvalue weighted by atomic mass is 16.6. The Bertz CT molecular complexity index is 600. The summed E-state index contributed by atoms with van der Waals surface area (Å²) in [6, 6.07) is 9.49. The number of nitro groups is 1. The lowest BCUT2D eigenvalue weighted by molar-refractivity contribution is -0.385. The number of benzene rings is 1. The average molecular weight is 242 g/mol. The molecule has 0 spiro atoms. The molecule has 90 valence electrons. The zero-order valence-corrected chi connectivity index (χ0v) is 9.37. The number of carbonyl (C=O) groups excluding carboxylic acids is 1. The van der Waals surface area contributed by atoms with Gasteiger partial charge in [-0.25, -0.2) is 0 Å². The van der Waals surface area contributed by atoms with Crippen LogP contribution in [0.3, 0.4) is 0 Å². The maximum atomic E-state index is 11.9. The topological polar surface area (TPSA) is 76.0 Å². The molecule has 0 radical (unpaired) electrons. The van der Waals surface area contributed by atoms with E-state index < -0.39 is 10.7 Å². The third-order valence-electron chi connectivity index (χ3n) is 2.40. The minimum atomic E-state index is -0.560. The molecule has 0 atom stereocenters. The molecule has 0 aliphatic heterocycles. The summed E-state index contributed by atoms with van der Waals surface area (Å²) >= 11 is 0. The van der Waals surface area contributed by atoms with E-state index >= 15 is 0 Å². The first-order valence-corrected chi connectivity index (χ1v) is 5.27. The van der Waals surface area contributed by atoms with Crippen LogP contribution in [0, 0.1) is 10.1 Å². The van der Waals surface area contributed by atoms with E-state index in [0.717, 1.165) is 5.69 Å². The van der Waals surface area contributed by atoms with Gasteiger partial charge in [0, 0.05) is 18.0 Å². The Kier molecular flexibility index (Phi) is 3.33. The highest BCUT2D eigenvalue weighted by molar-refractivity contribution is 6.09. The predicted octanol–water partition coefficient (Wildman–Crippen LogP) is 2.82.